The van der Waals surface area contributed by atoms with Crippen molar-refractivity contribution in [3.8, 4) is 0 Å². The molecule has 0 nitrogen and oxygen atoms in total. The van der Waals surface area contributed by atoms with Crippen LogP contribution in [0.5, 0.6) is 0 Å². The maximum absolute atomic E-state index is 3.69. The van der Waals surface area contributed by atoms with Gasteiger partial charge in [0.2, 0.25) is 0 Å². The molecule has 0 rings (SSSR count). The quantitative estimate of drug-likeness (QED) is 0.348. The van der Waals surface area contributed by atoms with E-state index in [1.54, 1.807) is 0 Å². The second-order valence-corrected chi connectivity index (χ2v) is 5.09. The van der Waals surface area contributed by atoms with Gasteiger partial charge in [-0.2, -0.15) is 19.8 Å². The van der Waals surface area contributed by atoms with Gasteiger partial charge in [0, 0.05) is 32.7 Å². The minimum atomic E-state index is 0. The van der Waals surface area contributed by atoms with Crippen molar-refractivity contribution in [1.82, 2.24) is 0 Å². The Morgan fingerprint density at radius 1 is 0.842 bits per heavy atom. The van der Waals surface area contributed by atoms with E-state index >= 15 is 0 Å². The van der Waals surface area contributed by atoms with Gasteiger partial charge in [-0.05, 0) is 18.3 Å². The molecule has 0 saturated heterocycles. The molecule has 0 amide bonds. The first-order valence-corrected chi connectivity index (χ1v) is 6.18. The molecule has 0 spiro atoms. The second-order valence-electron chi connectivity index (χ2n) is 5.09. The van der Waals surface area contributed by atoms with Crippen LogP contribution in [-0.2, 0) is 32.7 Å². The predicted octanol–water partition coefficient (Wildman–Crippen LogP) is 6.53. The van der Waals surface area contributed by atoms with Crippen molar-refractivity contribution in [2.75, 3.05) is 0 Å². The van der Waals surface area contributed by atoms with Gasteiger partial charge in [0.25, 0.3) is 0 Å². The summed E-state index contributed by atoms with van der Waals surface area (Å²) in [6.07, 6.45) is 11.9. The Kier molecular flexibility index (Phi) is 26.1. The van der Waals surface area contributed by atoms with E-state index in [0.717, 1.165) is 25.7 Å². The summed E-state index contributed by atoms with van der Waals surface area (Å²) in [4.78, 5) is 0. The largest absolute Gasteiger partial charge is 0.309 e. The van der Waals surface area contributed by atoms with Gasteiger partial charge in [0.15, 0.2) is 0 Å². The molecule has 0 aliphatic carbocycles. The predicted molar refractivity (Wildman–Crippen MR) is 88.7 cm³/mol. The minimum absolute atomic E-state index is 0. The smallest absolute Gasteiger partial charge is 0 e. The van der Waals surface area contributed by atoms with Gasteiger partial charge >= 0.3 is 0 Å². The second kappa shape index (κ2) is 18.1. The molecule has 0 fully saturated rings. The maximum Gasteiger partial charge on any atom is 0 e. The summed E-state index contributed by atoms with van der Waals surface area (Å²) in [5, 5.41) is 0. The molecular weight excluding hydrogens is 305 g/mol. The third-order valence-electron chi connectivity index (χ3n) is 2.38. The van der Waals surface area contributed by atoms with Crippen molar-refractivity contribution < 1.29 is 32.7 Å². The average Bonchev–Trinajstić information content (AvgIpc) is 2.18. The molecule has 0 aromatic carbocycles. The van der Waals surface area contributed by atoms with Crippen molar-refractivity contribution in [2.45, 2.75) is 53.9 Å². The zero-order valence-corrected chi connectivity index (χ0v) is 15.4. The number of allylic oxidation sites excluding steroid dienone is 4. The van der Waals surface area contributed by atoms with Crippen LogP contribution >= 0.6 is 0 Å². The van der Waals surface area contributed by atoms with E-state index in [9.17, 15) is 0 Å². The Labute approximate surface area is 148 Å². The summed E-state index contributed by atoms with van der Waals surface area (Å²) >= 11 is 0. The van der Waals surface area contributed by atoms with E-state index in [4.69, 9.17) is 0 Å². The molecule has 1 heteroatoms. The molecule has 0 saturated carbocycles. The Hall–Kier alpha value is 0.0639. The Morgan fingerprint density at radius 3 is 1.37 bits per heavy atom. The van der Waals surface area contributed by atoms with Crippen molar-refractivity contribution in [2.24, 2.45) is 5.41 Å². The van der Waals surface area contributed by atoms with Crippen LogP contribution in [0.15, 0.2) is 50.6 Å². The molecule has 0 aromatic rings. The van der Waals surface area contributed by atoms with Gasteiger partial charge in [-0.15, -0.1) is 38.5 Å². The Balaban J connectivity index is -0.000000108. The minimum Gasteiger partial charge on any atom is -0.309 e. The molecule has 109 valence electrons. The normalized spacial score (nSPS) is 9.05. The Morgan fingerprint density at radius 2 is 1.16 bits per heavy atom. The number of hydrogen-bond acceptors (Lipinski definition) is 0. The summed E-state index contributed by atoms with van der Waals surface area (Å²) < 4.78 is 0. The fraction of sp³-hybridized carbons (Fsp3) is 0.500. The standard InChI is InChI=1S/C9H16.C8H13.CH4.Y/c1-5-7-9(3,4)8-6-2;1-4-6-8(3)7-5-2;;/h5-6H,1-2,7-8H2,3-4H3;4-5H,1-2,6-7H2,3H3;1H4;/q;-1;;. The summed E-state index contributed by atoms with van der Waals surface area (Å²) in [6.45, 7) is 21.2. The maximum atomic E-state index is 3.69. The van der Waals surface area contributed by atoms with Crippen molar-refractivity contribution in [3.05, 3.63) is 56.5 Å². The van der Waals surface area contributed by atoms with Gasteiger partial charge in [-0.3, -0.25) is 0 Å². The molecule has 0 aliphatic heterocycles. The molecule has 0 heterocycles. The summed E-state index contributed by atoms with van der Waals surface area (Å²) in [6, 6.07) is 0. The monoisotopic (exact) mass is 338 g/mol. The third-order valence-corrected chi connectivity index (χ3v) is 2.38. The topological polar surface area (TPSA) is 0 Å². The zero-order chi connectivity index (χ0) is 13.7. The average molecular weight is 338 g/mol. The van der Waals surface area contributed by atoms with Gasteiger partial charge in [0.1, 0.15) is 0 Å². The Bertz CT molecular complexity index is 204. The van der Waals surface area contributed by atoms with E-state index in [1.165, 1.54) is 5.92 Å². The van der Waals surface area contributed by atoms with Crippen molar-refractivity contribution >= 4 is 0 Å². The summed E-state index contributed by atoms with van der Waals surface area (Å²) in [5.41, 5.74) is 0.365. The van der Waals surface area contributed by atoms with E-state index in [-0.39, 0.29) is 40.1 Å². The molecule has 0 aromatic heterocycles. The van der Waals surface area contributed by atoms with Gasteiger partial charge < -0.3 is 5.92 Å². The van der Waals surface area contributed by atoms with Crippen molar-refractivity contribution in [3.63, 3.8) is 0 Å². The van der Waals surface area contributed by atoms with Gasteiger partial charge in [-0.1, -0.05) is 33.4 Å². The molecule has 0 aliphatic rings. The first-order chi connectivity index (χ1) is 7.93. The summed E-state index contributed by atoms with van der Waals surface area (Å²) in [7, 11) is 0. The molecule has 0 atom stereocenters. The van der Waals surface area contributed by atoms with E-state index in [1.807, 2.05) is 24.3 Å². The van der Waals surface area contributed by atoms with E-state index in [0.29, 0.717) is 5.41 Å². The van der Waals surface area contributed by atoms with Crippen LogP contribution in [0.4, 0.5) is 0 Å². The first kappa shape index (κ1) is 27.4. The van der Waals surface area contributed by atoms with Crippen LogP contribution in [0.25, 0.3) is 0 Å². The fourth-order valence-corrected chi connectivity index (χ4v) is 1.44. The zero-order valence-electron chi connectivity index (χ0n) is 12.5. The molecule has 0 unspecified atom stereocenters. The number of hydrogen-bond donors (Lipinski definition) is 0. The molecule has 1 radical (unpaired) electrons. The molecular formula is C18H33Y-. The van der Waals surface area contributed by atoms with Crippen molar-refractivity contribution in [1.29, 1.82) is 0 Å². The molecule has 19 heavy (non-hydrogen) atoms. The number of rotatable bonds is 8. The van der Waals surface area contributed by atoms with Crippen LogP contribution in [0.1, 0.15) is 53.9 Å². The van der Waals surface area contributed by atoms with Crippen LogP contribution in [0.3, 0.4) is 0 Å². The molecule has 0 N–H and O–H groups in total. The molecule has 0 bridgehead atoms. The van der Waals surface area contributed by atoms with Crippen LogP contribution < -0.4 is 0 Å². The van der Waals surface area contributed by atoms with Crippen LogP contribution in [0.2, 0.25) is 0 Å². The van der Waals surface area contributed by atoms with Gasteiger partial charge in [0.05, 0.1) is 0 Å². The van der Waals surface area contributed by atoms with Crippen LogP contribution in [-0.4, -0.2) is 0 Å². The van der Waals surface area contributed by atoms with Crippen LogP contribution in [0, 0.1) is 11.3 Å². The van der Waals surface area contributed by atoms with E-state index in [2.05, 4.69) is 47.1 Å². The fourth-order valence-electron chi connectivity index (χ4n) is 1.44. The van der Waals surface area contributed by atoms with Gasteiger partial charge in [-0.25, -0.2) is 0 Å². The van der Waals surface area contributed by atoms with E-state index < -0.39 is 0 Å². The SMILES string of the molecule is C.C=CCC(C)(C)CC=C.C=CC[C-](C)CC=C.[Y]. The first-order valence-electron chi connectivity index (χ1n) is 6.18. The summed E-state index contributed by atoms with van der Waals surface area (Å²) in [5.74, 6) is 1.43. The third kappa shape index (κ3) is 23.6.